The maximum Gasteiger partial charge on any atom is 0.290 e. The van der Waals surface area contributed by atoms with Crippen molar-refractivity contribution >= 4 is 39.9 Å². The Hall–Kier alpha value is -3.79. The van der Waals surface area contributed by atoms with Crippen molar-refractivity contribution in [3.05, 3.63) is 79.2 Å². The van der Waals surface area contributed by atoms with Crippen molar-refractivity contribution in [1.29, 1.82) is 0 Å². The van der Waals surface area contributed by atoms with Crippen molar-refractivity contribution in [2.24, 2.45) is 0 Å². The fourth-order valence-electron chi connectivity index (χ4n) is 3.15. The lowest BCUT2D eigenvalue weighted by Crippen LogP contribution is -2.43. The highest BCUT2D eigenvalue weighted by Gasteiger charge is 2.22. The Balaban J connectivity index is 1.87. The van der Waals surface area contributed by atoms with E-state index in [-0.39, 0.29) is 21.8 Å². The number of unbranched alkanes of at least 4 members (excludes halogenated alkanes) is 2. The number of nitrogens with one attached hydrogen (secondary N) is 2. The summed E-state index contributed by atoms with van der Waals surface area (Å²) in [4.78, 5) is 48.4. The number of hydrogen-bond acceptors (Lipinski definition) is 6. The quantitative estimate of drug-likeness (QED) is 0.317. The Kier molecular flexibility index (Phi) is 7.16. The monoisotopic (exact) mass is 457 g/mol. The first-order valence-corrected chi connectivity index (χ1v) is 10.3. The van der Waals surface area contributed by atoms with Crippen LogP contribution in [0.1, 0.15) is 47.0 Å². The molecule has 0 unspecified atom stereocenters. The molecular weight excluding hydrogens is 438 g/mol. The van der Waals surface area contributed by atoms with Crippen LogP contribution in [-0.2, 0) is 6.54 Å². The second kappa shape index (κ2) is 10.0. The smallest absolute Gasteiger partial charge is 0.267 e. The van der Waals surface area contributed by atoms with Gasteiger partial charge in [-0.1, -0.05) is 49.6 Å². The van der Waals surface area contributed by atoms with Gasteiger partial charge in [0.05, 0.1) is 10.3 Å². The molecule has 0 aliphatic carbocycles. The molecule has 2 amide bonds. The summed E-state index contributed by atoms with van der Waals surface area (Å²) in [5.41, 5.74) is 3.22. The largest absolute Gasteiger partial charge is 0.290 e. The summed E-state index contributed by atoms with van der Waals surface area (Å²) in [7, 11) is 0. The van der Waals surface area contributed by atoms with Crippen molar-refractivity contribution in [2.75, 3.05) is 0 Å². The third kappa shape index (κ3) is 4.92. The van der Waals surface area contributed by atoms with E-state index >= 15 is 0 Å². The molecule has 2 aromatic carbocycles. The van der Waals surface area contributed by atoms with Crippen molar-refractivity contribution in [3.63, 3.8) is 0 Å². The molecule has 166 valence electrons. The van der Waals surface area contributed by atoms with E-state index in [1.54, 1.807) is 24.3 Å². The number of fused-ring (bicyclic) bond motifs is 1. The molecule has 32 heavy (non-hydrogen) atoms. The van der Waals surface area contributed by atoms with Crippen molar-refractivity contribution in [3.8, 4) is 0 Å². The summed E-state index contributed by atoms with van der Waals surface area (Å²) in [5.74, 6) is -1.67. The zero-order valence-corrected chi connectivity index (χ0v) is 17.9. The Bertz CT molecular complexity index is 1260. The zero-order chi connectivity index (χ0) is 23.3. The van der Waals surface area contributed by atoms with Gasteiger partial charge < -0.3 is 0 Å². The topological polar surface area (TPSA) is 136 Å². The van der Waals surface area contributed by atoms with Crippen molar-refractivity contribution in [1.82, 2.24) is 20.6 Å². The maximum absolute atomic E-state index is 12.8. The van der Waals surface area contributed by atoms with Crippen LogP contribution in [-0.4, -0.2) is 26.5 Å². The summed E-state index contributed by atoms with van der Waals surface area (Å²) < 4.78 is 1.23. The fourth-order valence-corrected chi connectivity index (χ4v) is 3.32. The van der Waals surface area contributed by atoms with E-state index in [2.05, 4.69) is 16.0 Å². The molecule has 0 atom stereocenters. The molecule has 0 aliphatic heterocycles. The molecule has 0 saturated carbocycles. The predicted octanol–water partition coefficient (Wildman–Crippen LogP) is 3.22. The number of aryl methyl sites for hydroxylation is 1. The Morgan fingerprint density at radius 3 is 2.47 bits per heavy atom. The molecular formula is C21H20ClN5O5. The average Bonchev–Trinajstić information content (AvgIpc) is 2.78. The normalized spacial score (nSPS) is 10.7. The van der Waals surface area contributed by atoms with E-state index in [1.165, 1.54) is 16.8 Å². The van der Waals surface area contributed by atoms with E-state index in [9.17, 15) is 24.5 Å². The zero-order valence-electron chi connectivity index (χ0n) is 17.1. The highest BCUT2D eigenvalue weighted by atomic mass is 35.5. The van der Waals surface area contributed by atoms with Gasteiger partial charge in [-0.3, -0.25) is 35.3 Å². The number of rotatable bonds is 7. The summed E-state index contributed by atoms with van der Waals surface area (Å²) in [6.45, 7) is 2.38. The number of hydrazine groups is 1. The number of amides is 2. The van der Waals surface area contributed by atoms with Crippen LogP contribution in [0.2, 0.25) is 5.02 Å². The van der Waals surface area contributed by atoms with Gasteiger partial charge in [-0.15, -0.1) is 0 Å². The maximum atomic E-state index is 12.8. The Labute approximate surface area is 187 Å². The molecule has 3 rings (SSSR count). The summed E-state index contributed by atoms with van der Waals surface area (Å²) in [6, 6.07) is 10.1. The van der Waals surface area contributed by atoms with Crippen LogP contribution >= 0.6 is 11.6 Å². The van der Waals surface area contributed by atoms with Gasteiger partial charge >= 0.3 is 0 Å². The second-order valence-electron chi connectivity index (χ2n) is 6.96. The second-order valence-corrected chi connectivity index (χ2v) is 7.39. The summed E-state index contributed by atoms with van der Waals surface area (Å²) in [5, 5.41) is 16.1. The van der Waals surface area contributed by atoms with E-state index in [4.69, 9.17) is 11.6 Å². The van der Waals surface area contributed by atoms with Gasteiger partial charge in [-0.25, -0.2) is 4.68 Å². The number of nitrogens with zero attached hydrogens (tertiary/aromatic N) is 3. The number of carbonyl (C=O) groups excluding carboxylic acids is 2. The predicted molar refractivity (Wildman–Crippen MR) is 119 cm³/mol. The molecule has 0 fully saturated rings. The minimum Gasteiger partial charge on any atom is -0.267 e. The third-order valence-corrected chi connectivity index (χ3v) is 4.98. The first-order chi connectivity index (χ1) is 15.3. The highest BCUT2D eigenvalue weighted by molar-refractivity contribution is 6.31. The van der Waals surface area contributed by atoms with Crippen LogP contribution < -0.4 is 16.4 Å². The van der Waals surface area contributed by atoms with Crippen LogP contribution in [0.4, 0.5) is 5.69 Å². The number of nitro benzene ring substituents is 1. The number of aromatic nitrogens is 2. The number of halogens is 1. The van der Waals surface area contributed by atoms with Gasteiger partial charge in [0.15, 0.2) is 5.69 Å². The first-order valence-electron chi connectivity index (χ1n) is 9.88. The molecule has 11 heteroatoms. The molecule has 0 aliphatic rings. The lowest BCUT2D eigenvalue weighted by Gasteiger charge is -2.12. The molecule has 1 aromatic heterocycles. The van der Waals surface area contributed by atoms with E-state index in [0.717, 1.165) is 25.3 Å². The van der Waals surface area contributed by atoms with Gasteiger partial charge in [0.1, 0.15) is 5.56 Å². The number of nitro groups is 1. The van der Waals surface area contributed by atoms with Gasteiger partial charge in [-0.05, 0) is 24.6 Å². The van der Waals surface area contributed by atoms with Gasteiger partial charge in [-0.2, -0.15) is 5.10 Å². The highest BCUT2D eigenvalue weighted by Crippen LogP contribution is 2.23. The van der Waals surface area contributed by atoms with Crippen LogP contribution in [0.5, 0.6) is 0 Å². The van der Waals surface area contributed by atoms with Crippen molar-refractivity contribution < 1.29 is 14.5 Å². The molecule has 3 aromatic rings. The van der Waals surface area contributed by atoms with Crippen LogP contribution in [0.15, 0.2) is 47.3 Å². The summed E-state index contributed by atoms with van der Waals surface area (Å²) >= 11 is 5.76. The van der Waals surface area contributed by atoms with Gasteiger partial charge in [0, 0.05) is 23.0 Å². The van der Waals surface area contributed by atoms with E-state index in [1.807, 2.05) is 6.92 Å². The van der Waals surface area contributed by atoms with Crippen molar-refractivity contribution in [2.45, 2.75) is 32.7 Å². The molecule has 0 radical (unpaired) electrons. The Morgan fingerprint density at radius 1 is 1.09 bits per heavy atom. The van der Waals surface area contributed by atoms with E-state index in [0.29, 0.717) is 17.3 Å². The van der Waals surface area contributed by atoms with Crippen LogP contribution in [0, 0.1) is 10.1 Å². The number of benzene rings is 2. The van der Waals surface area contributed by atoms with Crippen LogP contribution in [0.3, 0.4) is 0 Å². The molecule has 0 spiro atoms. The van der Waals surface area contributed by atoms with Crippen LogP contribution in [0.25, 0.3) is 10.8 Å². The minimum absolute atomic E-state index is 0.0531. The Morgan fingerprint density at radius 2 is 1.78 bits per heavy atom. The summed E-state index contributed by atoms with van der Waals surface area (Å²) in [6.07, 6.45) is 2.58. The lowest BCUT2D eigenvalue weighted by molar-refractivity contribution is -0.385. The lowest BCUT2D eigenvalue weighted by atomic mass is 10.1. The van der Waals surface area contributed by atoms with Gasteiger partial charge in [0.25, 0.3) is 23.1 Å². The number of hydrogen-bond donors (Lipinski definition) is 2. The molecule has 1 heterocycles. The van der Waals surface area contributed by atoms with Gasteiger partial charge in [0.2, 0.25) is 0 Å². The molecule has 2 N–H and O–H groups in total. The standard InChI is InChI=1S/C21H20ClN5O5/c1-2-3-6-11-26-21(30)15-8-5-4-7-14(15)18(25-26)20(29)24-23-19(28)16-10-9-13(22)12-17(16)27(31)32/h4-5,7-10,12H,2-3,6,11H2,1H3,(H,23,28)(H,24,29). The molecule has 0 bridgehead atoms. The molecule has 0 saturated heterocycles. The molecule has 10 nitrogen and oxygen atoms in total. The first kappa shape index (κ1) is 22.9. The number of carbonyl (C=O) groups is 2. The van der Waals surface area contributed by atoms with E-state index < -0.39 is 22.4 Å². The fraction of sp³-hybridized carbons (Fsp3) is 0.238. The minimum atomic E-state index is -0.901. The average molecular weight is 458 g/mol. The SMILES string of the molecule is CCCCCn1nc(C(=O)NNC(=O)c2ccc(Cl)cc2[N+](=O)[O-])c2ccccc2c1=O. The third-order valence-electron chi connectivity index (χ3n) is 4.75.